The monoisotopic (exact) mass is 441 g/mol. The molecule has 2 aromatic carbocycles. The van der Waals surface area contributed by atoms with Crippen molar-refractivity contribution in [2.45, 2.75) is 52.6 Å². The number of rotatable bonds is 4. The summed E-state index contributed by atoms with van der Waals surface area (Å²) in [6, 6.07) is 20.4. The Bertz CT molecular complexity index is 1200. The van der Waals surface area contributed by atoms with E-state index < -0.39 is 5.41 Å². The molecule has 1 aliphatic carbocycles. The lowest BCUT2D eigenvalue weighted by Crippen LogP contribution is -2.49. The summed E-state index contributed by atoms with van der Waals surface area (Å²) in [6.45, 7) is 7.93. The number of hydrogen-bond acceptors (Lipinski definition) is 2. The second kappa shape index (κ2) is 7.91. The number of amides is 2. The van der Waals surface area contributed by atoms with Crippen LogP contribution < -0.4 is 4.90 Å². The molecular formula is C28H31N3O2. The van der Waals surface area contributed by atoms with Crippen molar-refractivity contribution in [1.82, 2.24) is 9.47 Å². The Hall–Kier alpha value is -3.34. The lowest BCUT2D eigenvalue weighted by molar-refractivity contribution is -0.142. The minimum absolute atomic E-state index is 0.0407. The number of para-hydroxylation sites is 2. The molecule has 1 unspecified atom stereocenters. The number of anilines is 1. The van der Waals surface area contributed by atoms with Gasteiger partial charge in [0.25, 0.3) is 0 Å². The number of aromatic nitrogens is 1. The first-order valence-corrected chi connectivity index (χ1v) is 11.7. The minimum atomic E-state index is -0.520. The van der Waals surface area contributed by atoms with Crippen LogP contribution in [0.15, 0.2) is 66.9 Å². The van der Waals surface area contributed by atoms with Gasteiger partial charge in [-0.2, -0.15) is 0 Å². The van der Waals surface area contributed by atoms with E-state index >= 15 is 0 Å². The Morgan fingerprint density at radius 2 is 1.61 bits per heavy atom. The molecule has 1 aromatic heterocycles. The molecule has 5 rings (SSSR count). The van der Waals surface area contributed by atoms with Crippen LogP contribution in [-0.2, 0) is 9.59 Å². The van der Waals surface area contributed by atoms with Crippen molar-refractivity contribution in [2.24, 2.45) is 5.41 Å². The number of carbonyl (C=O) groups excluding carboxylic acids is 2. The van der Waals surface area contributed by atoms with Crippen molar-refractivity contribution in [3.8, 4) is 5.69 Å². The summed E-state index contributed by atoms with van der Waals surface area (Å²) in [4.78, 5) is 31.0. The fourth-order valence-electron chi connectivity index (χ4n) is 4.73. The summed E-state index contributed by atoms with van der Waals surface area (Å²) < 4.78 is 2.17. The van der Waals surface area contributed by atoms with Crippen LogP contribution in [0.2, 0.25) is 0 Å². The summed E-state index contributed by atoms with van der Waals surface area (Å²) >= 11 is 0. The average molecular weight is 442 g/mol. The van der Waals surface area contributed by atoms with Crippen LogP contribution in [0.1, 0.15) is 56.5 Å². The molecule has 0 spiro atoms. The van der Waals surface area contributed by atoms with Gasteiger partial charge in [-0.15, -0.1) is 0 Å². The maximum Gasteiger partial charge on any atom is 0.247 e. The molecule has 2 aliphatic rings. The van der Waals surface area contributed by atoms with E-state index in [1.54, 1.807) is 0 Å². The molecule has 3 aromatic rings. The van der Waals surface area contributed by atoms with Crippen LogP contribution in [0, 0.1) is 12.3 Å². The summed E-state index contributed by atoms with van der Waals surface area (Å²) in [7, 11) is 0. The first-order chi connectivity index (χ1) is 15.8. The maximum absolute atomic E-state index is 14.0. The smallest absolute Gasteiger partial charge is 0.247 e. The molecule has 5 nitrogen and oxygen atoms in total. The van der Waals surface area contributed by atoms with Gasteiger partial charge in [0.1, 0.15) is 12.6 Å². The number of fused-ring (bicyclic) bond motifs is 3. The van der Waals surface area contributed by atoms with Crippen molar-refractivity contribution >= 4 is 17.5 Å². The Morgan fingerprint density at radius 3 is 2.24 bits per heavy atom. The van der Waals surface area contributed by atoms with Crippen molar-refractivity contribution in [3.63, 3.8) is 0 Å². The Kier molecular flexibility index (Phi) is 5.15. The quantitative estimate of drug-likeness (QED) is 0.554. The van der Waals surface area contributed by atoms with Crippen LogP contribution in [-0.4, -0.2) is 33.9 Å². The summed E-state index contributed by atoms with van der Waals surface area (Å²) in [5.41, 5.74) is 4.62. The molecule has 2 heterocycles. The van der Waals surface area contributed by atoms with Crippen molar-refractivity contribution in [1.29, 1.82) is 0 Å². The second-order valence-corrected chi connectivity index (χ2v) is 10.3. The van der Waals surface area contributed by atoms with Crippen LogP contribution in [0.5, 0.6) is 0 Å². The van der Waals surface area contributed by atoms with Gasteiger partial charge in [-0.05, 0) is 49.6 Å². The number of nitrogens with zero attached hydrogens (tertiary/aromatic N) is 3. The largest absolute Gasteiger partial charge is 0.330 e. The van der Waals surface area contributed by atoms with Crippen molar-refractivity contribution in [2.75, 3.05) is 11.4 Å². The maximum atomic E-state index is 14.0. The Morgan fingerprint density at radius 1 is 0.939 bits per heavy atom. The fourth-order valence-corrected chi connectivity index (χ4v) is 4.73. The van der Waals surface area contributed by atoms with E-state index in [-0.39, 0.29) is 30.4 Å². The molecule has 0 N–H and O–H groups in total. The molecule has 1 saturated carbocycles. The molecule has 0 radical (unpaired) electrons. The summed E-state index contributed by atoms with van der Waals surface area (Å²) in [6.07, 6.45) is 3.99. The minimum Gasteiger partial charge on any atom is -0.330 e. The Balaban J connectivity index is 1.59. The van der Waals surface area contributed by atoms with E-state index in [0.717, 1.165) is 35.5 Å². The molecule has 1 fully saturated rings. The molecule has 0 saturated heterocycles. The third-order valence-corrected chi connectivity index (χ3v) is 6.58. The SMILES string of the molecule is Cc1ccc(C2c3cccn3-c3ccccc3N2C(=O)CN(C(=O)C(C)(C)C)C2CC2)cc1. The zero-order valence-electron chi connectivity index (χ0n) is 19.8. The van der Waals surface area contributed by atoms with Gasteiger partial charge in [0.15, 0.2) is 0 Å². The molecular weight excluding hydrogens is 410 g/mol. The third-order valence-electron chi connectivity index (χ3n) is 6.58. The van der Waals surface area contributed by atoms with Gasteiger partial charge >= 0.3 is 0 Å². The number of aryl methyl sites for hydroxylation is 1. The molecule has 1 atom stereocenters. The highest BCUT2D eigenvalue weighted by molar-refractivity contribution is 6.00. The lowest BCUT2D eigenvalue weighted by Gasteiger charge is -2.40. The van der Waals surface area contributed by atoms with Gasteiger partial charge < -0.3 is 9.47 Å². The standard InChI is InChI=1S/C28H31N3O2/c1-19-11-13-20(14-12-19)26-24-10-7-17-29(24)22-8-5-6-9-23(22)31(26)25(32)18-30(21-15-16-21)27(33)28(2,3)4/h5-14,17,21,26H,15-16,18H2,1-4H3. The highest BCUT2D eigenvalue weighted by Gasteiger charge is 2.42. The molecule has 5 heteroatoms. The van der Waals surface area contributed by atoms with Crippen LogP contribution in [0.25, 0.3) is 5.69 Å². The lowest BCUT2D eigenvalue weighted by atomic mass is 9.94. The zero-order valence-corrected chi connectivity index (χ0v) is 19.8. The predicted molar refractivity (Wildman–Crippen MR) is 130 cm³/mol. The van der Waals surface area contributed by atoms with Gasteiger partial charge in [0.05, 0.1) is 17.1 Å². The van der Waals surface area contributed by atoms with Crippen LogP contribution in [0.3, 0.4) is 0 Å². The van der Waals surface area contributed by atoms with E-state index in [9.17, 15) is 9.59 Å². The molecule has 170 valence electrons. The van der Waals surface area contributed by atoms with E-state index in [0.29, 0.717) is 0 Å². The van der Waals surface area contributed by atoms with Gasteiger partial charge in [0, 0.05) is 17.7 Å². The topological polar surface area (TPSA) is 45.6 Å². The number of benzene rings is 2. The summed E-state index contributed by atoms with van der Waals surface area (Å²) in [5, 5.41) is 0. The van der Waals surface area contributed by atoms with E-state index in [2.05, 4.69) is 48.0 Å². The molecule has 0 bridgehead atoms. The first-order valence-electron chi connectivity index (χ1n) is 11.7. The van der Waals surface area contributed by atoms with E-state index in [1.165, 1.54) is 5.56 Å². The normalized spacial score (nSPS) is 17.3. The molecule has 2 amide bonds. The predicted octanol–water partition coefficient (Wildman–Crippen LogP) is 5.26. The molecule has 33 heavy (non-hydrogen) atoms. The van der Waals surface area contributed by atoms with Crippen LogP contribution in [0.4, 0.5) is 5.69 Å². The van der Waals surface area contributed by atoms with Gasteiger partial charge in [-0.1, -0.05) is 62.7 Å². The highest BCUT2D eigenvalue weighted by atomic mass is 16.2. The number of carbonyl (C=O) groups is 2. The number of hydrogen-bond donors (Lipinski definition) is 0. The van der Waals surface area contributed by atoms with Crippen LogP contribution >= 0.6 is 0 Å². The summed E-state index contributed by atoms with van der Waals surface area (Å²) in [5.74, 6) is -0.0103. The zero-order chi connectivity index (χ0) is 23.3. The first kappa shape index (κ1) is 21.5. The van der Waals surface area contributed by atoms with Gasteiger partial charge in [-0.25, -0.2) is 0 Å². The average Bonchev–Trinajstić information content (AvgIpc) is 3.51. The fraction of sp³-hybridized carbons (Fsp3) is 0.357. The third kappa shape index (κ3) is 3.86. The van der Waals surface area contributed by atoms with Gasteiger partial charge in [-0.3, -0.25) is 14.5 Å². The van der Waals surface area contributed by atoms with Gasteiger partial charge in [0.2, 0.25) is 11.8 Å². The van der Waals surface area contributed by atoms with E-state index in [1.807, 2.05) is 60.9 Å². The van der Waals surface area contributed by atoms with E-state index in [4.69, 9.17) is 0 Å². The Labute approximate surface area is 195 Å². The highest BCUT2D eigenvalue weighted by Crippen LogP contribution is 2.42. The second-order valence-electron chi connectivity index (χ2n) is 10.3. The van der Waals surface area contributed by atoms with Crippen molar-refractivity contribution < 1.29 is 9.59 Å². The molecule has 1 aliphatic heterocycles. The van der Waals surface area contributed by atoms with Crippen molar-refractivity contribution in [3.05, 3.63) is 83.7 Å².